The number of benzene rings is 2. The second-order valence-corrected chi connectivity index (χ2v) is 6.11. The molecule has 0 bridgehead atoms. The van der Waals surface area contributed by atoms with Crippen LogP contribution < -0.4 is 10.9 Å². The highest BCUT2D eigenvalue weighted by Gasteiger charge is 2.07. The van der Waals surface area contributed by atoms with Crippen molar-refractivity contribution >= 4 is 28.4 Å². The van der Waals surface area contributed by atoms with E-state index in [1.54, 1.807) is 24.3 Å². The molecule has 4 nitrogen and oxygen atoms in total. The van der Waals surface area contributed by atoms with Gasteiger partial charge in [-0.1, -0.05) is 29.8 Å². The number of hydrogen-bond acceptors (Lipinski definition) is 2. The van der Waals surface area contributed by atoms with E-state index in [0.29, 0.717) is 29.1 Å². The van der Waals surface area contributed by atoms with Gasteiger partial charge in [-0.05, 0) is 54.6 Å². The number of H-pyrrole nitrogens is 1. The molecule has 5 heteroatoms. The van der Waals surface area contributed by atoms with E-state index in [-0.39, 0.29) is 11.5 Å². The van der Waals surface area contributed by atoms with Crippen molar-refractivity contribution in [2.75, 3.05) is 6.54 Å². The van der Waals surface area contributed by atoms with E-state index in [2.05, 4.69) is 10.3 Å². The molecule has 3 aromatic rings. The quantitative estimate of drug-likeness (QED) is 0.764. The monoisotopic (exact) mass is 340 g/mol. The molecule has 0 aliphatic carbocycles. The van der Waals surface area contributed by atoms with Crippen LogP contribution in [0.2, 0.25) is 5.02 Å². The van der Waals surface area contributed by atoms with Crippen LogP contribution in [0.25, 0.3) is 10.9 Å². The third-order valence-corrected chi connectivity index (χ3v) is 4.20. The molecule has 1 heterocycles. The second-order valence-electron chi connectivity index (χ2n) is 5.68. The van der Waals surface area contributed by atoms with Gasteiger partial charge in [0, 0.05) is 22.7 Å². The fourth-order valence-electron chi connectivity index (χ4n) is 2.63. The molecule has 2 aromatic carbocycles. The standard InChI is InChI=1S/C19H17ClN2O2/c1-12-3-2-4-14-11-15(19(24)22-17(12)14)9-10-21-18(23)13-5-7-16(20)8-6-13/h2-8,11H,9-10H2,1H3,(H,21,23)(H,22,24). The highest BCUT2D eigenvalue weighted by Crippen LogP contribution is 2.15. The van der Waals surface area contributed by atoms with Gasteiger partial charge in [-0.3, -0.25) is 9.59 Å². The van der Waals surface area contributed by atoms with Crippen molar-refractivity contribution < 1.29 is 4.79 Å². The predicted octanol–water partition coefficient (Wildman–Crippen LogP) is 3.46. The molecule has 0 aliphatic heterocycles. The molecule has 0 aliphatic rings. The van der Waals surface area contributed by atoms with E-state index in [9.17, 15) is 9.59 Å². The zero-order valence-electron chi connectivity index (χ0n) is 13.2. The maximum absolute atomic E-state index is 12.2. The van der Waals surface area contributed by atoms with Crippen LogP contribution in [0.3, 0.4) is 0 Å². The lowest BCUT2D eigenvalue weighted by Crippen LogP contribution is -2.27. The summed E-state index contributed by atoms with van der Waals surface area (Å²) in [6.45, 7) is 2.35. The summed E-state index contributed by atoms with van der Waals surface area (Å²) >= 11 is 5.81. The first-order valence-corrected chi connectivity index (χ1v) is 8.08. The Morgan fingerprint density at radius 1 is 1.17 bits per heavy atom. The van der Waals surface area contributed by atoms with Crippen molar-refractivity contribution in [3.8, 4) is 0 Å². The van der Waals surface area contributed by atoms with Crippen LogP contribution in [0.5, 0.6) is 0 Å². The number of hydrogen-bond donors (Lipinski definition) is 2. The van der Waals surface area contributed by atoms with Gasteiger partial charge in [-0.15, -0.1) is 0 Å². The Labute approximate surface area is 144 Å². The van der Waals surface area contributed by atoms with Crippen molar-refractivity contribution in [2.24, 2.45) is 0 Å². The van der Waals surface area contributed by atoms with Gasteiger partial charge in [-0.2, -0.15) is 0 Å². The highest BCUT2D eigenvalue weighted by molar-refractivity contribution is 6.30. The molecule has 1 aromatic heterocycles. The lowest BCUT2D eigenvalue weighted by atomic mass is 10.1. The fourth-order valence-corrected chi connectivity index (χ4v) is 2.75. The summed E-state index contributed by atoms with van der Waals surface area (Å²) in [6.07, 6.45) is 0.471. The van der Waals surface area contributed by atoms with Crippen molar-refractivity contribution in [1.29, 1.82) is 0 Å². The van der Waals surface area contributed by atoms with Gasteiger partial charge in [-0.25, -0.2) is 0 Å². The van der Waals surface area contributed by atoms with Gasteiger partial charge in [0.25, 0.3) is 11.5 Å². The predicted molar refractivity (Wildman–Crippen MR) is 96.8 cm³/mol. The van der Waals surface area contributed by atoms with Crippen LogP contribution in [0.15, 0.2) is 53.3 Å². The fraction of sp³-hybridized carbons (Fsp3) is 0.158. The maximum atomic E-state index is 12.2. The first kappa shape index (κ1) is 16.3. The average Bonchev–Trinajstić information content (AvgIpc) is 2.57. The molecule has 3 rings (SSSR count). The first-order chi connectivity index (χ1) is 11.5. The van der Waals surface area contributed by atoms with Gasteiger partial charge in [0.2, 0.25) is 0 Å². The minimum atomic E-state index is -0.181. The van der Waals surface area contributed by atoms with Crippen molar-refractivity contribution in [3.05, 3.63) is 80.6 Å². The van der Waals surface area contributed by atoms with E-state index in [1.165, 1.54) is 0 Å². The van der Waals surface area contributed by atoms with Gasteiger partial charge in [0.15, 0.2) is 0 Å². The number of nitrogens with one attached hydrogen (secondary N) is 2. The molecule has 24 heavy (non-hydrogen) atoms. The van der Waals surface area contributed by atoms with E-state index < -0.39 is 0 Å². The summed E-state index contributed by atoms with van der Waals surface area (Å²) in [5.41, 5.74) is 2.98. The molecule has 0 radical (unpaired) electrons. The minimum absolute atomic E-state index is 0.113. The SMILES string of the molecule is Cc1cccc2cc(CCNC(=O)c3ccc(Cl)cc3)c(=O)[nH]c12. The molecular weight excluding hydrogens is 324 g/mol. The Kier molecular flexibility index (Phi) is 4.67. The Morgan fingerprint density at radius 2 is 1.92 bits per heavy atom. The Morgan fingerprint density at radius 3 is 2.67 bits per heavy atom. The zero-order valence-corrected chi connectivity index (χ0v) is 14.0. The first-order valence-electron chi connectivity index (χ1n) is 7.70. The number of carbonyl (C=O) groups excluding carboxylic acids is 1. The number of rotatable bonds is 4. The number of aryl methyl sites for hydroxylation is 1. The lowest BCUT2D eigenvalue weighted by Gasteiger charge is -2.07. The molecule has 0 fully saturated rings. The summed E-state index contributed by atoms with van der Waals surface area (Å²) in [4.78, 5) is 27.2. The number of amides is 1. The van der Waals surface area contributed by atoms with Crippen LogP contribution in [0.4, 0.5) is 0 Å². The van der Waals surface area contributed by atoms with Crippen molar-refractivity contribution in [3.63, 3.8) is 0 Å². The largest absolute Gasteiger partial charge is 0.352 e. The number of para-hydroxylation sites is 1. The van der Waals surface area contributed by atoms with Gasteiger partial charge in [0.1, 0.15) is 0 Å². The van der Waals surface area contributed by atoms with E-state index in [4.69, 9.17) is 11.6 Å². The molecule has 0 spiro atoms. The molecule has 0 saturated carbocycles. The normalized spacial score (nSPS) is 10.8. The van der Waals surface area contributed by atoms with Gasteiger partial charge >= 0.3 is 0 Å². The highest BCUT2D eigenvalue weighted by atomic mass is 35.5. The number of halogens is 1. The summed E-state index contributed by atoms with van der Waals surface area (Å²) in [6, 6.07) is 14.5. The van der Waals surface area contributed by atoms with Crippen molar-refractivity contribution in [1.82, 2.24) is 10.3 Å². The van der Waals surface area contributed by atoms with Crippen LogP contribution in [0, 0.1) is 6.92 Å². The van der Waals surface area contributed by atoms with Crippen molar-refractivity contribution in [2.45, 2.75) is 13.3 Å². The van der Waals surface area contributed by atoms with Crippen LogP contribution in [-0.4, -0.2) is 17.4 Å². The number of fused-ring (bicyclic) bond motifs is 1. The minimum Gasteiger partial charge on any atom is -0.352 e. The molecule has 122 valence electrons. The molecule has 1 amide bonds. The van der Waals surface area contributed by atoms with E-state index in [0.717, 1.165) is 16.5 Å². The zero-order chi connectivity index (χ0) is 17.1. The third-order valence-electron chi connectivity index (χ3n) is 3.95. The Balaban J connectivity index is 1.69. The van der Waals surface area contributed by atoms with Crippen LogP contribution in [-0.2, 0) is 6.42 Å². The third kappa shape index (κ3) is 3.49. The summed E-state index contributed by atoms with van der Waals surface area (Å²) < 4.78 is 0. The number of aromatic nitrogens is 1. The molecule has 0 saturated heterocycles. The Bertz CT molecular complexity index is 946. The molecule has 0 atom stereocenters. The molecular formula is C19H17ClN2O2. The number of pyridine rings is 1. The van der Waals surface area contributed by atoms with E-state index in [1.807, 2.05) is 31.2 Å². The second kappa shape index (κ2) is 6.89. The smallest absolute Gasteiger partial charge is 0.251 e. The van der Waals surface area contributed by atoms with E-state index >= 15 is 0 Å². The Hall–Kier alpha value is -2.59. The lowest BCUT2D eigenvalue weighted by molar-refractivity contribution is 0.0954. The summed E-state index contributed by atoms with van der Waals surface area (Å²) in [7, 11) is 0. The molecule has 0 unspecified atom stereocenters. The maximum Gasteiger partial charge on any atom is 0.251 e. The van der Waals surface area contributed by atoms with Crippen LogP contribution in [0.1, 0.15) is 21.5 Å². The average molecular weight is 341 g/mol. The summed E-state index contributed by atoms with van der Waals surface area (Å²) in [5.74, 6) is -0.181. The number of carbonyl (C=O) groups is 1. The topological polar surface area (TPSA) is 62.0 Å². The summed E-state index contributed by atoms with van der Waals surface area (Å²) in [5, 5.41) is 4.40. The van der Waals surface area contributed by atoms with Crippen LogP contribution >= 0.6 is 11.6 Å². The number of aromatic amines is 1. The molecule has 2 N–H and O–H groups in total. The van der Waals surface area contributed by atoms with Gasteiger partial charge in [0.05, 0.1) is 5.52 Å². The van der Waals surface area contributed by atoms with Gasteiger partial charge < -0.3 is 10.3 Å².